The van der Waals surface area contributed by atoms with Gasteiger partial charge >= 0.3 is 0 Å². The zero-order valence-corrected chi connectivity index (χ0v) is 21.6. The molecule has 0 N–H and O–H groups in total. The van der Waals surface area contributed by atoms with Gasteiger partial charge in [-0.15, -0.1) is 0 Å². The lowest BCUT2D eigenvalue weighted by Crippen LogP contribution is -2.49. The number of benzene rings is 3. The number of methoxy groups -OCH3 is 2. The maximum absolute atomic E-state index is 13.5. The normalized spacial score (nSPS) is 22.3. The van der Waals surface area contributed by atoms with E-state index in [1.807, 2.05) is 91.7 Å². The Morgan fingerprint density at radius 3 is 1.86 bits per heavy atom. The minimum absolute atomic E-state index is 0.209. The number of oxazole rings is 1. The Balaban J connectivity index is 1.47. The number of hydrogen-bond donors (Lipinski definition) is 0. The highest BCUT2D eigenvalue weighted by molar-refractivity contribution is 5.85. The number of piperidine rings is 1. The van der Waals surface area contributed by atoms with Gasteiger partial charge in [0.25, 0.3) is 0 Å². The van der Waals surface area contributed by atoms with E-state index in [4.69, 9.17) is 18.7 Å². The fourth-order valence-corrected chi connectivity index (χ4v) is 5.24. The lowest BCUT2D eigenvalue weighted by molar-refractivity contribution is -0.247. The molecule has 0 saturated carbocycles. The van der Waals surface area contributed by atoms with Crippen LogP contribution >= 0.6 is 0 Å². The monoisotopic (exact) mass is 500 g/mol. The first-order chi connectivity index (χ1) is 18.0. The van der Waals surface area contributed by atoms with E-state index in [2.05, 4.69) is 4.98 Å². The molecule has 0 bridgehead atoms. The second kappa shape index (κ2) is 10.7. The molecule has 1 aliphatic rings. The van der Waals surface area contributed by atoms with Crippen molar-refractivity contribution >= 4 is 16.9 Å². The van der Waals surface area contributed by atoms with Gasteiger partial charge in [-0.2, -0.15) is 5.06 Å². The maximum atomic E-state index is 13.5. The van der Waals surface area contributed by atoms with Crippen LogP contribution in [0.2, 0.25) is 0 Å². The van der Waals surface area contributed by atoms with Crippen LogP contribution in [0, 0.1) is 11.8 Å². The van der Waals surface area contributed by atoms with Gasteiger partial charge in [-0.3, -0.25) is 9.63 Å². The van der Waals surface area contributed by atoms with Crippen LogP contribution in [0.5, 0.6) is 11.5 Å². The summed E-state index contributed by atoms with van der Waals surface area (Å²) in [7, 11) is 3.29. The number of hydrogen-bond acceptors (Lipinski definition) is 7. The SMILES string of the molecule is COc1ccc(C2C(C)C(=O)C(C)C(c3ccc(OC)cc3)N2OCCc2nc3ccccc3o2)cc1. The molecule has 5 rings (SSSR count). The van der Waals surface area contributed by atoms with Crippen LogP contribution in [0.4, 0.5) is 0 Å². The highest BCUT2D eigenvalue weighted by Gasteiger charge is 2.47. The average Bonchev–Trinajstić information content (AvgIpc) is 3.35. The second-order valence-electron chi connectivity index (χ2n) is 9.43. The topological polar surface area (TPSA) is 74.0 Å². The lowest BCUT2D eigenvalue weighted by atomic mass is 9.75. The van der Waals surface area contributed by atoms with Gasteiger partial charge in [0.15, 0.2) is 11.5 Å². The smallest absolute Gasteiger partial charge is 0.197 e. The Hall–Kier alpha value is -3.68. The third kappa shape index (κ3) is 4.97. The molecule has 3 aromatic carbocycles. The zero-order valence-electron chi connectivity index (χ0n) is 21.6. The number of carbonyl (C=O) groups excluding carboxylic acids is 1. The lowest BCUT2D eigenvalue weighted by Gasteiger charge is -2.47. The summed E-state index contributed by atoms with van der Waals surface area (Å²) in [6, 6.07) is 22.9. The first-order valence-corrected chi connectivity index (χ1v) is 12.6. The van der Waals surface area contributed by atoms with Crippen molar-refractivity contribution in [1.29, 1.82) is 0 Å². The van der Waals surface area contributed by atoms with E-state index in [0.717, 1.165) is 33.7 Å². The van der Waals surface area contributed by atoms with Crippen LogP contribution in [-0.4, -0.2) is 36.7 Å². The molecule has 192 valence electrons. The molecule has 7 nitrogen and oxygen atoms in total. The number of ketones is 1. The van der Waals surface area contributed by atoms with Crippen molar-refractivity contribution in [3.63, 3.8) is 0 Å². The minimum Gasteiger partial charge on any atom is -0.497 e. The summed E-state index contributed by atoms with van der Waals surface area (Å²) < 4.78 is 16.6. The number of para-hydroxylation sites is 2. The van der Waals surface area contributed by atoms with E-state index in [1.165, 1.54) is 0 Å². The first kappa shape index (κ1) is 25.0. The highest BCUT2D eigenvalue weighted by Crippen LogP contribution is 2.46. The largest absolute Gasteiger partial charge is 0.497 e. The Bertz CT molecular complexity index is 1250. The van der Waals surface area contributed by atoms with Crippen LogP contribution in [0.25, 0.3) is 11.1 Å². The maximum Gasteiger partial charge on any atom is 0.197 e. The van der Waals surface area contributed by atoms with E-state index < -0.39 is 0 Å². The van der Waals surface area contributed by atoms with E-state index in [0.29, 0.717) is 18.9 Å². The third-order valence-electron chi connectivity index (χ3n) is 7.20. The standard InChI is InChI=1S/C30H32N2O5/c1-19-28(21-9-13-23(34-3)14-10-21)32(36-18-17-27-31-25-7-5-6-8-26(25)37-27)29(20(2)30(19)33)22-11-15-24(35-4)16-12-22/h5-16,19-20,28-29H,17-18H2,1-4H3. The molecule has 0 radical (unpaired) electrons. The van der Waals surface area contributed by atoms with Crippen molar-refractivity contribution < 1.29 is 23.5 Å². The molecule has 1 aliphatic heterocycles. The average molecular weight is 501 g/mol. The zero-order chi connectivity index (χ0) is 25.9. The summed E-state index contributed by atoms with van der Waals surface area (Å²) in [6.07, 6.45) is 0.507. The van der Waals surface area contributed by atoms with Crippen LogP contribution in [-0.2, 0) is 16.1 Å². The van der Waals surface area contributed by atoms with Gasteiger partial charge in [0.2, 0.25) is 0 Å². The van der Waals surface area contributed by atoms with Gasteiger partial charge in [-0.05, 0) is 47.5 Å². The second-order valence-corrected chi connectivity index (χ2v) is 9.43. The Labute approximate surface area is 216 Å². The number of Topliss-reactive ketones (excluding diaryl/α,β-unsaturated/α-hetero) is 1. The summed E-state index contributed by atoms with van der Waals surface area (Å²) in [4.78, 5) is 24.6. The number of hydroxylamine groups is 2. The van der Waals surface area contributed by atoms with Crippen LogP contribution < -0.4 is 9.47 Å². The molecule has 7 heteroatoms. The van der Waals surface area contributed by atoms with Gasteiger partial charge in [0, 0.05) is 18.3 Å². The third-order valence-corrected chi connectivity index (χ3v) is 7.20. The first-order valence-electron chi connectivity index (χ1n) is 12.6. The quantitative estimate of drug-likeness (QED) is 0.296. The molecule has 0 amide bonds. The van der Waals surface area contributed by atoms with E-state index >= 15 is 0 Å². The number of nitrogens with zero attached hydrogens (tertiary/aromatic N) is 2. The number of ether oxygens (including phenoxy) is 2. The van der Waals surface area contributed by atoms with Gasteiger partial charge in [0.05, 0.1) is 32.9 Å². The summed E-state index contributed by atoms with van der Waals surface area (Å²) in [5.74, 6) is 1.84. The summed E-state index contributed by atoms with van der Waals surface area (Å²) in [6.45, 7) is 4.32. The van der Waals surface area contributed by atoms with E-state index in [9.17, 15) is 4.79 Å². The Morgan fingerprint density at radius 2 is 1.35 bits per heavy atom. The van der Waals surface area contributed by atoms with Gasteiger partial charge in [0.1, 0.15) is 22.8 Å². The predicted molar refractivity (Wildman–Crippen MR) is 140 cm³/mol. The summed E-state index contributed by atoms with van der Waals surface area (Å²) in [5.41, 5.74) is 3.58. The fraction of sp³-hybridized carbons (Fsp3) is 0.333. The molecule has 4 aromatic rings. The van der Waals surface area contributed by atoms with Gasteiger partial charge in [-0.25, -0.2) is 4.98 Å². The Kier molecular flexibility index (Phi) is 7.26. The molecule has 1 aromatic heterocycles. The molecule has 0 spiro atoms. The fourth-order valence-electron chi connectivity index (χ4n) is 5.24. The van der Waals surface area contributed by atoms with Gasteiger partial charge < -0.3 is 13.9 Å². The molecule has 1 fully saturated rings. The van der Waals surface area contributed by atoms with Gasteiger partial charge in [-0.1, -0.05) is 50.2 Å². The highest BCUT2D eigenvalue weighted by atomic mass is 16.7. The molecule has 1 saturated heterocycles. The molecular formula is C30H32N2O5. The Morgan fingerprint density at radius 1 is 0.811 bits per heavy atom. The number of fused-ring (bicyclic) bond motifs is 1. The molecule has 37 heavy (non-hydrogen) atoms. The molecular weight excluding hydrogens is 468 g/mol. The summed E-state index contributed by atoms with van der Waals surface area (Å²) >= 11 is 0. The van der Waals surface area contributed by atoms with Crippen LogP contribution in [0.3, 0.4) is 0 Å². The molecule has 0 aliphatic carbocycles. The van der Waals surface area contributed by atoms with E-state index in [1.54, 1.807) is 14.2 Å². The number of aromatic nitrogens is 1. The van der Waals surface area contributed by atoms with Crippen molar-refractivity contribution in [2.75, 3.05) is 20.8 Å². The molecule has 4 unspecified atom stereocenters. The molecule has 4 atom stereocenters. The predicted octanol–water partition coefficient (Wildman–Crippen LogP) is 5.96. The number of rotatable bonds is 8. The van der Waals surface area contributed by atoms with Crippen LogP contribution in [0.15, 0.2) is 77.2 Å². The van der Waals surface area contributed by atoms with Crippen molar-refractivity contribution in [1.82, 2.24) is 10.0 Å². The van der Waals surface area contributed by atoms with E-state index in [-0.39, 0.29) is 29.7 Å². The van der Waals surface area contributed by atoms with Crippen molar-refractivity contribution in [3.05, 3.63) is 89.8 Å². The minimum atomic E-state index is -0.273. The molecule has 2 heterocycles. The van der Waals surface area contributed by atoms with Crippen molar-refractivity contribution in [2.24, 2.45) is 11.8 Å². The number of carbonyl (C=O) groups is 1. The van der Waals surface area contributed by atoms with Crippen LogP contribution in [0.1, 0.15) is 42.9 Å². The van der Waals surface area contributed by atoms with Crippen molar-refractivity contribution in [3.8, 4) is 11.5 Å². The van der Waals surface area contributed by atoms with Crippen molar-refractivity contribution in [2.45, 2.75) is 32.4 Å². The summed E-state index contributed by atoms with van der Waals surface area (Å²) in [5, 5.41) is 2.00.